The minimum absolute atomic E-state index is 0.117. The number of hydrogen-bond acceptors (Lipinski definition) is 5. The summed E-state index contributed by atoms with van der Waals surface area (Å²) in [5.74, 6) is -1.06. The van der Waals surface area contributed by atoms with E-state index in [0.717, 1.165) is 5.56 Å². The number of carbonyl (C=O) groups excluding carboxylic acids is 2. The van der Waals surface area contributed by atoms with Crippen molar-refractivity contribution in [3.63, 3.8) is 0 Å². The number of nitriles is 1. The Morgan fingerprint density at radius 3 is 2.46 bits per heavy atom. The average molecular weight is 522 g/mol. The molecule has 0 aliphatic rings. The predicted octanol–water partition coefficient (Wildman–Crippen LogP) is 5.68. The summed E-state index contributed by atoms with van der Waals surface area (Å²) < 4.78 is 24.3. The average Bonchev–Trinajstić information content (AvgIpc) is 2.88. The molecule has 0 bridgehead atoms. The molecule has 0 spiro atoms. The van der Waals surface area contributed by atoms with Crippen molar-refractivity contribution in [3.05, 3.63) is 94.3 Å². The van der Waals surface area contributed by atoms with E-state index in [-0.39, 0.29) is 41.4 Å². The van der Waals surface area contributed by atoms with E-state index in [1.165, 1.54) is 36.4 Å². The first-order chi connectivity index (χ1) is 17.8. The molecule has 0 saturated heterocycles. The monoisotopic (exact) mass is 521 g/mol. The number of nitrogens with one attached hydrogen (secondary N) is 2. The molecular weight excluding hydrogens is 497 g/mol. The molecule has 190 valence electrons. The van der Waals surface area contributed by atoms with Gasteiger partial charge in [0.2, 0.25) is 0 Å². The molecule has 0 unspecified atom stereocenters. The number of anilines is 1. The molecule has 2 N–H and O–H groups in total. The molecule has 0 aromatic heterocycles. The summed E-state index contributed by atoms with van der Waals surface area (Å²) in [7, 11) is 0. The topological polar surface area (TPSA) is 100 Å². The van der Waals surface area contributed by atoms with Gasteiger partial charge in [-0.05, 0) is 67.4 Å². The van der Waals surface area contributed by atoms with Gasteiger partial charge in [-0.3, -0.25) is 9.59 Å². The highest BCUT2D eigenvalue weighted by atomic mass is 35.5. The van der Waals surface area contributed by atoms with Crippen molar-refractivity contribution in [1.29, 1.82) is 5.26 Å². The molecule has 7 nitrogen and oxygen atoms in total. The van der Waals surface area contributed by atoms with E-state index < -0.39 is 17.6 Å². The van der Waals surface area contributed by atoms with E-state index >= 15 is 0 Å². The van der Waals surface area contributed by atoms with Gasteiger partial charge < -0.3 is 20.1 Å². The van der Waals surface area contributed by atoms with Gasteiger partial charge in [-0.15, -0.1) is 0 Å². The fourth-order valence-corrected chi connectivity index (χ4v) is 3.63. The first kappa shape index (κ1) is 27.2. The second-order valence-electron chi connectivity index (χ2n) is 7.88. The van der Waals surface area contributed by atoms with Gasteiger partial charge >= 0.3 is 0 Å². The Morgan fingerprint density at radius 1 is 1.11 bits per heavy atom. The Labute approximate surface area is 219 Å². The van der Waals surface area contributed by atoms with Crippen molar-refractivity contribution in [3.8, 4) is 17.6 Å². The number of rotatable bonds is 10. The molecule has 0 fully saturated rings. The lowest BCUT2D eigenvalue weighted by Crippen LogP contribution is -2.27. The SMILES string of the molecule is CCOc1cc(/C=C(/C#N)C(=O)N[C@@H](C)c2ccccc2)cc(Cl)c1OCC(=O)Nc1ccc(F)cc1. The highest BCUT2D eigenvalue weighted by Crippen LogP contribution is 2.37. The van der Waals surface area contributed by atoms with Gasteiger partial charge in [0.25, 0.3) is 11.8 Å². The zero-order valence-electron chi connectivity index (χ0n) is 20.3. The van der Waals surface area contributed by atoms with Crippen molar-refractivity contribution in [1.82, 2.24) is 5.32 Å². The van der Waals surface area contributed by atoms with E-state index in [1.54, 1.807) is 13.0 Å². The molecule has 0 radical (unpaired) electrons. The molecule has 0 heterocycles. The summed E-state index contributed by atoms with van der Waals surface area (Å²) in [4.78, 5) is 25.0. The summed E-state index contributed by atoms with van der Waals surface area (Å²) in [6, 6.07) is 19.4. The van der Waals surface area contributed by atoms with E-state index in [9.17, 15) is 19.2 Å². The van der Waals surface area contributed by atoms with E-state index in [1.807, 2.05) is 43.3 Å². The van der Waals surface area contributed by atoms with Gasteiger partial charge in [0, 0.05) is 5.69 Å². The van der Waals surface area contributed by atoms with Crippen molar-refractivity contribution in [2.24, 2.45) is 0 Å². The number of hydrogen-bond donors (Lipinski definition) is 2. The van der Waals surface area contributed by atoms with E-state index in [0.29, 0.717) is 11.3 Å². The highest BCUT2D eigenvalue weighted by Gasteiger charge is 2.17. The third kappa shape index (κ3) is 7.82. The zero-order valence-corrected chi connectivity index (χ0v) is 21.0. The lowest BCUT2D eigenvalue weighted by molar-refractivity contribution is -0.118. The second kappa shape index (κ2) is 13.1. The van der Waals surface area contributed by atoms with Crippen LogP contribution >= 0.6 is 11.6 Å². The molecule has 2 amide bonds. The van der Waals surface area contributed by atoms with Gasteiger partial charge in [-0.25, -0.2) is 4.39 Å². The Balaban J connectivity index is 1.74. The maximum atomic E-state index is 13.0. The fourth-order valence-electron chi connectivity index (χ4n) is 3.36. The highest BCUT2D eigenvalue weighted by molar-refractivity contribution is 6.32. The Bertz CT molecular complexity index is 1320. The lowest BCUT2D eigenvalue weighted by Gasteiger charge is -2.15. The number of amides is 2. The Kier molecular flexibility index (Phi) is 9.64. The van der Waals surface area contributed by atoms with Crippen LogP contribution in [0.1, 0.15) is 31.0 Å². The minimum Gasteiger partial charge on any atom is -0.490 e. The van der Waals surface area contributed by atoms with Crippen LogP contribution in [0.2, 0.25) is 5.02 Å². The fraction of sp³-hybridized carbons (Fsp3) is 0.179. The third-order valence-corrected chi connectivity index (χ3v) is 5.41. The molecule has 3 rings (SSSR count). The third-order valence-electron chi connectivity index (χ3n) is 5.13. The molecule has 3 aromatic rings. The quantitative estimate of drug-likeness (QED) is 0.264. The van der Waals surface area contributed by atoms with Crippen molar-refractivity contribution in [2.45, 2.75) is 19.9 Å². The first-order valence-electron chi connectivity index (χ1n) is 11.4. The van der Waals surface area contributed by atoms with Crippen LogP contribution in [0, 0.1) is 17.1 Å². The van der Waals surface area contributed by atoms with Crippen molar-refractivity contribution >= 4 is 35.2 Å². The predicted molar refractivity (Wildman–Crippen MR) is 140 cm³/mol. The first-order valence-corrected chi connectivity index (χ1v) is 11.8. The van der Waals surface area contributed by atoms with Gasteiger partial charge in [-0.2, -0.15) is 5.26 Å². The van der Waals surface area contributed by atoms with E-state index in [4.69, 9.17) is 21.1 Å². The second-order valence-corrected chi connectivity index (χ2v) is 8.29. The van der Waals surface area contributed by atoms with E-state index in [2.05, 4.69) is 10.6 Å². The number of halogens is 2. The van der Waals surface area contributed by atoms with Crippen molar-refractivity contribution in [2.75, 3.05) is 18.5 Å². The summed E-state index contributed by atoms with van der Waals surface area (Å²) in [5.41, 5.74) is 1.64. The van der Waals surface area contributed by atoms with Crippen molar-refractivity contribution < 1.29 is 23.5 Å². The molecular formula is C28H25ClFN3O4. The molecule has 3 aromatic carbocycles. The maximum Gasteiger partial charge on any atom is 0.262 e. The number of benzene rings is 3. The molecule has 0 aliphatic heterocycles. The Morgan fingerprint density at radius 2 is 1.81 bits per heavy atom. The molecule has 37 heavy (non-hydrogen) atoms. The molecule has 9 heteroatoms. The van der Waals surface area contributed by atoms with Crippen LogP contribution in [-0.2, 0) is 9.59 Å². The van der Waals surface area contributed by atoms with Gasteiger partial charge in [0.1, 0.15) is 17.5 Å². The number of carbonyl (C=O) groups is 2. The van der Waals surface area contributed by atoms with Crippen LogP contribution in [0.3, 0.4) is 0 Å². The molecule has 1 atom stereocenters. The standard InChI is InChI=1S/C28H25ClFN3O4/c1-3-36-25-15-19(13-21(16-31)28(35)32-18(2)20-7-5-4-6-8-20)14-24(29)27(25)37-17-26(34)33-23-11-9-22(30)10-12-23/h4-15,18H,3,17H2,1-2H3,(H,32,35)(H,33,34)/b21-13-/t18-/m0/s1. The molecule has 0 saturated carbocycles. The van der Waals surface area contributed by atoms with Crippen LogP contribution in [0.4, 0.5) is 10.1 Å². The maximum absolute atomic E-state index is 13.0. The lowest BCUT2D eigenvalue weighted by atomic mass is 10.1. The molecule has 0 aliphatic carbocycles. The summed E-state index contributed by atoms with van der Waals surface area (Å²) in [6.45, 7) is 3.49. The summed E-state index contributed by atoms with van der Waals surface area (Å²) in [6.07, 6.45) is 1.40. The number of ether oxygens (including phenoxy) is 2. The van der Waals surface area contributed by atoms with Crippen LogP contribution < -0.4 is 20.1 Å². The Hall–Kier alpha value is -4.35. The van der Waals surface area contributed by atoms with Gasteiger partial charge in [-0.1, -0.05) is 41.9 Å². The smallest absolute Gasteiger partial charge is 0.262 e. The van der Waals surface area contributed by atoms with Crippen LogP contribution in [-0.4, -0.2) is 25.0 Å². The summed E-state index contributed by atoms with van der Waals surface area (Å²) >= 11 is 6.41. The minimum atomic E-state index is -0.536. The summed E-state index contributed by atoms with van der Waals surface area (Å²) in [5, 5.41) is 15.1. The van der Waals surface area contributed by atoms with Crippen LogP contribution in [0.5, 0.6) is 11.5 Å². The van der Waals surface area contributed by atoms with Crippen LogP contribution in [0.25, 0.3) is 6.08 Å². The zero-order chi connectivity index (χ0) is 26.8. The normalized spacial score (nSPS) is 11.7. The van der Waals surface area contributed by atoms with Crippen LogP contribution in [0.15, 0.2) is 72.3 Å². The number of nitrogens with zero attached hydrogens (tertiary/aromatic N) is 1. The largest absolute Gasteiger partial charge is 0.490 e. The van der Waals surface area contributed by atoms with Gasteiger partial charge in [0.15, 0.2) is 18.1 Å². The van der Waals surface area contributed by atoms with Gasteiger partial charge in [0.05, 0.1) is 17.7 Å².